The summed E-state index contributed by atoms with van der Waals surface area (Å²) in [4.78, 5) is 13.1. The largest absolute Gasteiger partial charge is 0.339 e. The van der Waals surface area contributed by atoms with Gasteiger partial charge in [-0.05, 0) is 56.5 Å². The number of nitrogens with zero attached hydrogens (tertiary/aromatic N) is 4. The van der Waals surface area contributed by atoms with Crippen LogP contribution in [0.4, 0.5) is 0 Å². The third-order valence-electron chi connectivity index (χ3n) is 5.78. The molecule has 4 rings (SSSR count). The molecule has 0 aromatic carbocycles. The summed E-state index contributed by atoms with van der Waals surface area (Å²) < 4.78 is 0. The van der Waals surface area contributed by atoms with Gasteiger partial charge in [-0.2, -0.15) is 5.10 Å². The van der Waals surface area contributed by atoms with Crippen molar-refractivity contribution in [1.29, 1.82) is 0 Å². The number of aromatic amines is 1. The molecule has 0 atom stereocenters. The number of pyridine rings is 1. The minimum atomic E-state index is 0.711. The van der Waals surface area contributed by atoms with Crippen molar-refractivity contribution in [2.45, 2.75) is 45.6 Å². The predicted octanol–water partition coefficient (Wildman–Crippen LogP) is 4.79. The molecule has 0 unspecified atom stereocenters. The topological polar surface area (TPSA) is 69.2 Å². The van der Waals surface area contributed by atoms with Crippen molar-refractivity contribution in [2.75, 3.05) is 6.54 Å². The fraction of sp³-hybridized carbons (Fsp3) is 0.375. The van der Waals surface area contributed by atoms with Crippen molar-refractivity contribution in [1.82, 2.24) is 25.3 Å². The van der Waals surface area contributed by atoms with Gasteiger partial charge in [-0.15, -0.1) is 0 Å². The molecule has 1 aliphatic heterocycles. The lowest BCUT2D eigenvalue weighted by Gasteiger charge is -2.21. The smallest absolute Gasteiger partial charge is 0.121 e. The highest BCUT2D eigenvalue weighted by Gasteiger charge is 2.19. The lowest BCUT2D eigenvalue weighted by atomic mass is 9.89. The number of imidazole rings is 1. The van der Waals surface area contributed by atoms with Crippen LogP contribution in [-0.2, 0) is 6.54 Å². The summed E-state index contributed by atoms with van der Waals surface area (Å²) in [7, 11) is 0. The van der Waals surface area contributed by atoms with E-state index in [1.807, 2.05) is 43.5 Å². The molecule has 1 saturated carbocycles. The molecule has 0 amide bonds. The Labute approximate surface area is 178 Å². The quantitative estimate of drug-likeness (QED) is 0.653. The number of hydrogen-bond acceptors (Lipinski definition) is 5. The van der Waals surface area contributed by atoms with Crippen molar-refractivity contribution in [3.8, 4) is 11.4 Å². The van der Waals surface area contributed by atoms with Gasteiger partial charge >= 0.3 is 0 Å². The number of aromatic nitrogens is 3. The van der Waals surface area contributed by atoms with E-state index in [2.05, 4.69) is 28.7 Å². The van der Waals surface area contributed by atoms with Crippen LogP contribution in [0.15, 0.2) is 53.9 Å². The van der Waals surface area contributed by atoms with Crippen LogP contribution < -0.4 is 5.32 Å². The minimum Gasteiger partial charge on any atom is -0.339 e. The molecule has 6 heteroatoms. The van der Waals surface area contributed by atoms with Crippen LogP contribution in [0.2, 0.25) is 0 Å². The second-order valence-corrected chi connectivity index (χ2v) is 8.10. The van der Waals surface area contributed by atoms with Crippen LogP contribution in [0.1, 0.15) is 49.3 Å². The number of hydrogen-bond donors (Lipinski definition) is 2. The first-order valence-electron chi connectivity index (χ1n) is 10.7. The zero-order chi connectivity index (χ0) is 20.9. The Bertz CT molecular complexity index is 977. The van der Waals surface area contributed by atoms with Crippen LogP contribution in [0, 0.1) is 12.8 Å². The Kier molecular flexibility index (Phi) is 6.23. The number of H-pyrrole nitrogens is 1. The van der Waals surface area contributed by atoms with Crippen molar-refractivity contribution < 1.29 is 0 Å². The SMILES string of the molecule is C=NN1C=C(c2nc(CNCC3CCCCC3)[nH]c2-c2cccc(C)n2)C=CC1=C. The highest BCUT2D eigenvalue weighted by Crippen LogP contribution is 2.30. The van der Waals surface area contributed by atoms with Gasteiger partial charge in [0.25, 0.3) is 0 Å². The maximum Gasteiger partial charge on any atom is 0.121 e. The molecule has 2 aromatic rings. The first-order valence-corrected chi connectivity index (χ1v) is 10.7. The van der Waals surface area contributed by atoms with E-state index in [0.29, 0.717) is 6.54 Å². The standard InChI is InChI=1S/C24H30N6/c1-17-8-7-11-21(27-17)24-23(20-13-12-18(2)30(16-20)25-3)28-22(29-24)15-26-14-19-9-5-4-6-10-19/h7-8,11-13,16,19,26H,2-6,9-10,14-15H2,1H3,(H,28,29). The van der Waals surface area contributed by atoms with Gasteiger partial charge in [0.1, 0.15) is 5.82 Å². The number of rotatable bonds is 7. The van der Waals surface area contributed by atoms with E-state index >= 15 is 0 Å². The lowest BCUT2D eigenvalue weighted by Crippen LogP contribution is -2.24. The van der Waals surface area contributed by atoms with E-state index in [4.69, 9.17) is 9.97 Å². The maximum atomic E-state index is 4.92. The first-order chi connectivity index (χ1) is 14.6. The van der Waals surface area contributed by atoms with E-state index in [9.17, 15) is 0 Å². The molecule has 2 N–H and O–H groups in total. The average molecular weight is 403 g/mol. The zero-order valence-electron chi connectivity index (χ0n) is 17.7. The normalized spacial score (nSPS) is 17.3. The van der Waals surface area contributed by atoms with Gasteiger partial charge in [0.05, 0.1) is 29.3 Å². The van der Waals surface area contributed by atoms with E-state index in [1.165, 1.54) is 32.1 Å². The summed E-state index contributed by atoms with van der Waals surface area (Å²) in [6, 6.07) is 6.03. The summed E-state index contributed by atoms with van der Waals surface area (Å²) in [6.07, 6.45) is 12.6. The molecule has 2 aliphatic rings. The van der Waals surface area contributed by atoms with E-state index in [0.717, 1.165) is 52.3 Å². The number of aryl methyl sites for hydroxylation is 1. The molecule has 2 aromatic heterocycles. The fourth-order valence-corrected chi connectivity index (χ4v) is 4.16. The molecular weight excluding hydrogens is 372 g/mol. The van der Waals surface area contributed by atoms with Crippen molar-refractivity contribution >= 4 is 12.3 Å². The zero-order valence-corrected chi connectivity index (χ0v) is 17.7. The molecular formula is C24H30N6. The van der Waals surface area contributed by atoms with E-state index in [1.54, 1.807) is 5.01 Å². The van der Waals surface area contributed by atoms with Crippen LogP contribution in [0.3, 0.4) is 0 Å². The molecule has 6 nitrogen and oxygen atoms in total. The molecule has 0 saturated heterocycles. The van der Waals surface area contributed by atoms with Gasteiger partial charge in [-0.3, -0.25) is 4.98 Å². The minimum absolute atomic E-state index is 0.711. The van der Waals surface area contributed by atoms with E-state index < -0.39 is 0 Å². The summed E-state index contributed by atoms with van der Waals surface area (Å²) in [6.45, 7) is 11.4. The van der Waals surface area contributed by atoms with Gasteiger partial charge < -0.3 is 10.3 Å². The van der Waals surface area contributed by atoms with Crippen LogP contribution in [0.25, 0.3) is 17.0 Å². The molecule has 0 bridgehead atoms. The molecule has 0 spiro atoms. The highest BCUT2D eigenvalue weighted by molar-refractivity contribution is 5.82. The van der Waals surface area contributed by atoms with Crippen LogP contribution >= 0.6 is 0 Å². The maximum absolute atomic E-state index is 4.92. The second-order valence-electron chi connectivity index (χ2n) is 8.10. The Morgan fingerprint density at radius 1 is 1.20 bits per heavy atom. The van der Waals surface area contributed by atoms with Crippen LogP contribution in [-0.4, -0.2) is 33.2 Å². The molecule has 156 valence electrons. The Morgan fingerprint density at radius 2 is 2.03 bits per heavy atom. The summed E-state index contributed by atoms with van der Waals surface area (Å²) in [5, 5.41) is 9.28. The summed E-state index contributed by atoms with van der Waals surface area (Å²) in [5.41, 5.74) is 5.35. The molecule has 1 fully saturated rings. The van der Waals surface area contributed by atoms with Crippen molar-refractivity contribution in [3.63, 3.8) is 0 Å². The third-order valence-corrected chi connectivity index (χ3v) is 5.78. The van der Waals surface area contributed by atoms with Crippen LogP contribution in [0.5, 0.6) is 0 Å². The van der Waals surface area contributed by atoms with E-state index in [-0.39, 0.29) is 0 Å². The van der Waals surface area contributed by atoms with Gasteiger partial charge in [0, 0.05) is 24.2 Å². The number of hydrazone groups is 1. The lowest BCUT2D eigenvalue weighted by molar-refractivity contribution is 0.341. The molecule has 0 radical (unpaired) electrons. The molecule has 30 heavy (non-hydrogen) atoms. The Balaban J connectivity index is 1.59. The van der Waals surface area contributed by atoms with Gasteiger partial charge in [-0.1, -0.05) is 31.9 Å². The third kappa shape index (κ3) is 4.60. The first kappa shape index (κ1) is 20.3. The molecule has 1 aliphatic carbocycles. The number of nitrogens with one attached hydrogen (secondary N) is 2. The van der Waals surface area contributed by atoms with Crippen molar-refractivity contribution in [3.05, 3.63) is 66.0 Å². The van der Waals surface area contributed by atoms with Gasteiger partial charge in [0.2, 0.25) is 0 Å². The second kappa shape index (κ2) is 9.22. The van der Waals surface area contributed by atoms with Gasteiger partial charge in [-0.25, -0.2) is 9.99 Å². The summed E-state index contributed by atoms with van der Waals surface area (Å²) >= 11 is 0. The van der Waals surface area contributed by atoms with Crippen molar-refractivity contribution in [2.24, 2.45) is 11.0 Å². The number of allylic oxidation sites excluding steroid dienone is 3. The Hall–Kier alpha value is -2.99. The van der Waals surface area contributed by atoms with Gasteiger partial charge in [0.15, 0.2) is 0 Å². The Morgan fingerprint density at radius 3 is 2.80 bits per heavy atom. The fourth-order valence-electron chi connectivity index (χ4n) is 4.16. The highest BCUT2D eigenvalue weighted by atomic mass is 15.4. The molecule has 3 heterocycles. The predicted molar refractivity (Wildman–Crippen MR) is 122 cm³/mol. The summed E-state index contributed by atoms with van der Waals surface area (Å²) in [5.74, 6) is 1.70. The average Bonchev–Trinajstić information content (AvgIpc) is 3.19. The monoisotopic (exact) mass is 402 g/mol.